The highest BCUT2D eigenvalue weighted by molar-refractivity contribution is 6.05. The summed E-state index contributed by atoms with van der Waals surface area (Å²) in [5, 5.41) is 3.06. The zero-order chi connectivity index (χ0) is 21.7. The molecule has 0 amide bonds. The molecular weight excluding hydrogens is 393 g/mol. The van der Waals surface area contributed by atoms with Crippen molar-refractivity contribution in [3.63, 3.8) is 0 Å². The molecule has 0 saturated heterocycles. The van der Waals surface area contributed by atoms with Gasteiger partial charge in [0.05, 0.1) is 12.1 Å². The van der Waals surface area contributed by atoms with Crippen molar-refractivity contribution in [1.82, 2.24) is 15.0 Å². The Morgan fingerprint density at radius 2 is 1.87 bits per heavy atom. The molecule has 0 fully saturated rings. The van der Waals surface area contributed by atoms with Crippen molar-refractivity contribution < 1.29 is 13.2 Å². The average Bonchev–Trinajstić information content (AvgIpc) is 3.13. The highest BCUT2D eigenvalue weighted by Crippen LogP contribution is 2.29. The third-order valence-electron chi connectivity index (χ3n) is 4.05. The lowest BCUT2D eigenvalue weighted by atomic mass is 10.1. The van der Waals surface area contributed by atoms with Gasteiger partial charge in [0.2, 0.25) is 11.9 Å². The second-order valence-corrected chi connectivity index (χ2v) is 6.71. The van der Waals surface area contributed by atoms with Gasteiger partial charge >= 0.3 is 6.18 Å². The molecular formula is C21H21F3N6. The number of anilines is 2. The summed E-state index contributed by atoms with van der Waals surface area (Å²) in [5.41, 5.74) is 0.747. The number of nitrogens with one attached hydrogen (secondary N) is 1. The number of halogens is 3. The molecule has 1 aromatic carbocycles. The van der Waals surface area contributed by atoms with Crippen LogP contribution in [-0.2, 0) is 6.18 Å². The van der Waals surface area contributed by atoms with Crippen LogP contribution in [-0.4, -0.2) is 41.4 Å². The lowest BCUT2D eigenvalue weighted by Crippen LogP contribution is -2.17. The van der Waals surface area contributed by atoms with E-state index in [2.05, 4.69) is 25.3 Å². The Bertz CT molecular complexity index is 1040. The first-order valence-electron chi connectivity index (χ1n) is 9.18. The van der Waals surface area contributed by atoms with Gasteiger partial charge in [-0.15, -0.1) is 0 Å². The Morgan fingerprint density at radius 3 is 2.57 bits per heavy atom. The van der Waals surface area contributed by atoms with Crippen molar-refractivity contribution >= 4 is 29.9 Å². The average molecular weight is 414 g/mol. The van der Waals surface area contributed by atoms with E-state index < -0.39 is 11.7 Å². The molecule has 30 heavy (non-hydrogen) atoms. The molecule has 0 bridgehead atoms. The fraction of sp³-hybridized carbons (Fsp3) is 0.238. The first-order chi connectivity index (χ1) is 14.2. The van der Waals surface area contributed by atoms with Gasteiger partial charge in [-0.2, -0.15) is 28.1 Å². The van der Waals surface area contributed by atoms with Crippen LogP contribution in [0.1, 0.15) is 23.9 Å². The molecule has 9 heteroatoms. The lowest BCUT2D eigenvalue weighted by molar-refractivity contribution is -0.137. The molecule has 0 aliphatic carbocycles. The highest BCUT2D eigenvalue weighted by atomic mass is 19.4. The summed E-state index contributed by atoms with van der Waals surface area (Å²) < 4.78 is 38.7. The van der Waals surface area contributed by atoms with Gasteiger partial charge in [-0.1, -0.05) is 30.4 Å². The van der Waals surface area contributed by atoms with Crippen LogP contribution in [0.3, 0.4) is 0 Å². The van der Waals surface area contributed by atoms with E-state index in [0.29, 0.717) is 35.7 Å². The summed E-state index contributed by atoms with van der Waals surface area (Å²) in [5.74, 6) is 1.65. The van der Waals surface area contributed by atoms with E-state index >= 15 is 0 Å². The lowest BCUT2D eigenvalue weighted by Gasteiger charge is -2.12. The SMILES string of the molecule is C/C=C/C1=CC(Nc2nc(/C=C/c3cccc(C(F)(F)F)c3)nc(N(C)C)n2)=NC1. The Morgan fingerprint density at radius 1 is 1.07 bits per heavy atom. The summed E-state index contributed by atoms with van der Waals surface area (Å²) in [6.45, 7) is 2.51. The maximum atomic E-state index is 12.9. The molecule has 1 aromatic heterocycles. The molecule has 2 heterocycles. The minimum atomic E-state index is -4.40. The smallest absolute Gasteiger partial charge is 0.347 e. The maximum absolute atomic E-state index is 12.9. The van der Waals surface area contributed by atoms with Gasteiger partial charge in [0.25, 0.3) is 0 Å². The Balaban J connectivity index is 1.86. The van der Waals surface area contributed by atoms with Crippen LogP contribution in [0.2, 0.25) is 0 Å². The minimum Gasteiger partial charge on any atom is -0.347 e. The molecule has 0 radical (unpaired) electrons. The van der Waals surface area contributed by atoms with Gasteiger partial charge in [-0.05, 0) is 42.3 Å². The van der Waals surface area contributed by atoms with Crippen molar-refractivity contribution in [3.05, 3.63) is 65.0 Å². The highest BCUT2D eigenvalue weighted by Gasteiger charge is 2.30. The zero-order valence-corrected chi connectivity index (χ0v) is 16.8. The first kappa shape index (κ1) is 21.2. The summed E-state index contributed by atoms with van der Waals surface area (Å²) in [6.07, 6.45) is 4.50. The molecule has 2 aromatic rings. The van der Waals surface area contributed by atoms with E-state index in [1.54, 1.807) is 31.1 Å². The second kappa shape index (κ2) is 8.89. The Labute approximate surface area is 172 Å². The summed E-state index contributed by atoms with van der Waals surface area (Å²) in [7, 11) is 3.58. The van der Waals surface area contributed by atoms with E-state index in [1.165, 1.54) is 12.1 Å². The predicted molar refractivity (Wildman–Crippen MR) is 113 cm³/mol. The standard InChI is InChI=1S/C21H21F3N6/c1-4-6-15-12-18(25-13-15)27-19-26-17(28-20(29-19)30(2)3)10-9-14-7-5-8-16(11-14)21(22,23)24/h4-12H,13H2,1-3H3,(H,25,26,27,28,29)/b6-4+,10-9+. The topological polar surface area (TPSA) is 66.3 Å². The van der Waals surface area contributed by atoms with E-state index in [4.69, 9.17) is 0 Å². The number of rotatable bonds is 5. The van der Waals surface area contributed by atoms with Crippen LogP contribution in [0.25, 0.3) is 12.2 Å². The molecule has 0 atom stereocenters. The van der Waals surface area contributed by atoms with Crippen molar-refractivity contribution in [2.75, 3.05) is 30.9 Å². The summed E-state index contributed by atoms with van der Waals surface area (Å²) in [4.78, 5) is 19.1. The summed E-state index contributed by atoms with van der Waals surface area (Å²) >= 11 is 0. The van der Waals surface area contributed by atoms with Crippen LogP contribution < -0.4 is 10.2 Å². The van der Waals surface area contributed by atoms with Crippen molar-refractivity contribution in [3.8, 4) is 0 Å². The fourth-order valence-electron chi connectivity index (χ4n) is 2.65. The predicted octanol–water partition coefficient (Wildman–Crippen LogP) is 4.45. The third-order valence-corrected chi connectivity index (χ3v) is 4.05. The fourth-order valence-corrected chi connectivity index (χ4v) is 2.65. The van der Waals surface area contributed by atoms with E-state index in [-0.39, 0.29) is 0 Å². The number of alkyl halides is 3. The molecule has 1 aliphatic rings. The van der Waals surface area contributed by atoms with Crippen molar-refractivity contribution in [2.45, 2.75) is 13.1 Å². The van der Waals surface area contributed by atoms with Crippen LogP contribution in [0.4, 0.5) is 25.1 Å². The molecule has 6 nitrogen and oxygen atoms in total. The maximum Gasteiger partial charge on any atom is 0.416 e. The van der Waals surface area contributed by atoms with Gasteiger partial charge in [0.1, 0.15) is 5.84 Å². The molecule has 1 aliphatic heterocycles. The molecule has 0 saturated carbocycles. The third kappa shape index (κ3) is 5.53. The van der Waals surface area contributed by atoms with Crippen molar-refractivity contribution in [2.24, 2.45) is 4.99 Å². The number of hydrogen-bond donors (Lipinski definition) is 1. The second-order valence-electron chi connectivity index (χ2n) is 6.71. The van der Waals surface area contributed by atoms with Gasteiger partial charge in [-0.3, -0.25) is 4.99 Å². The number of aromatic nitrogens is 3. The Kier molecular flexibility index (Phi) is 6.29. The van der Waals surface area contributed by atoms with E-state index in [0.717, 1.165) is 17.7 Å². The first-order valence-corrected chi connectivity index (χ1v) is 9.18. The van der Waals surface area contributed by atoms with Gasteiger partial charge in [0.15, 0.2) is 5.82 Å². The Hall–Kier alpha value is -3.49. The number of aliphatic imine (C=N–C) groups is 1. The molecule has 0 unspecified atom stereocenters. The monoisotopic (exact) mass is 414 g/mol. The van der Waals surface area contributed by atoms with Gasteiger partial charge < -0.3 is 10.2 Å². The van der Waals surface area contributed by atoms with Crippen LogP contribution in [0.15, 0.2) is 53.1 Å². The summed E-state index contributed by atoms with van der Waals surface area (Å²) in [6, 6.07) is 5.05. The normalized spacial score (nSPS) is 14.3. The zero-order valence-electron chi connectivity index (χ0n) is 16.8. The van der Waals surface area contributed by atoms with Crippen molar-refractivity contribution in [1.29, 1.82) is 0 Å². The van der Waals surface area contributed by atoms with Gasteiger partial charge in [0, 0.05) is 14.1 Å². The molecule has 3 rings (SSSR count). The number of amidine groups is 1. The van der Waals surface area contributed by atoms with E-state index in [9.17, 15) is 13.2 Å². The van der Waals surface area contributed by atoms with Crippen LogP contribution in [0.5, 0.6) is 0 Å². The minimum absolute atomic E-state index is 0.300. The molecule has 156 valence electrons. The quantitative estimate of drug-likeness (QED) is 0.783. The number of hydrogen-bond acceptors (Lipinski definition) is 6. The number of benzene rings is 1. The van der Waals surface area contributed by atoms with E-state index in [1.807, 2.05) is 25.2 Å². The largest absolute Gasteiger partial charge is 0.416 e. The van der Waals surface area contributed by atoms with Crippen LogP contribution in [0, 0.1) is 0 Å². The molecule has 0 spiro atoms. The number of nitrogens with zero attached hydrogens (tertiary/aromatic N) is 5. The number of allylic oxidation sites excluding steroid dienone is 1. The van der Waals surface area contributed by atoms with Crippen LogP contribution >= 0.6 is 0 Å². The van der Waals surface area contributed by atoms with Gasteiger partial charge in [-0.25, -0.2) is 0 Å². The molecule has 1 N–H and O–H groups in total.